The molecule has 1 aromatic heterocycles. The molecular weight excluding hydrogens is 327 g/mol. The van der Waals surface area contributed by atoms with E-state index in [9.17, 15) is 13.2 Å². The van der Waals surface area contributed by atoms with Gasteiger partial charge in [-0.05, 0) is 25.1 Å². The van der Waals surface area contributed by atoms with Crippen LogP contribution in [0.15, 0.2) is 27.1 Å². The Morgan fingerprint density at radius 3 is 2.53 bits per heavy atom. The van der Waals surface area contributed by atoms with Crippen molar-refractivity contribution in [2.45, 2.75) is 19.1 Å². The summed E-state index contributed by atoms with van der Waals surface area (Å²) < 4.78 is 43.4. The fraction of sp³-hybridized carbons (Fsp3) is 0.273. The van der Waals surface area contributed by atoms with Gasteiger partial charge in [-0.3, -0.25) is 0 Å². The molecule has 0 bridgehead atoms. The van der Waals surface area contributed by atoms with E-state index in [4.69, 9.17) is 10.2 Å². The highest BCUT2D eigenvalue weighted by Gasteiger charge is 2.33. The molecule has 2 aromatic rings. The molecule has 4 nitrogen and oxygen atoms in total. The van der Waals surface area contributed by atoms with Crippen molar-refractivity contribution in [1.82, 2.24) is 10.2 Å². The summed E-state index contributed by atoms with van der Waals surface area (Å²) >= 11 is 2.86. The van der Waals surface area contributed by atoms with E-state index < -0.39 is 17.8 Å². The summed E-state index contributed by atoms with van der Waals surface area (Å²) in [5.41, 5.74) is 4.93. The lowest BCUT2D eigenvalue weighted by Crippen LogP contribution is -2.06. The average molecular weight is 336 g/mol. The van der Waals surface area contributed by atoms with Crippen molar-refractivity contribution in [3.05, 3.63) is 34.1 Å². The van der Waals surface area contributed by atoms with Crippen LogP contribution >= 0.6 is 15.9 Å². The Kier molecular flexibility index (Phi) is 3.64. The highest BCUT2D eigenvalue weighted by molar-refractivity contribution is 9.10. The summed E-state index contributed by atoms with van der Waals surface area (Å²) in [6.07, 6.45) is -4.46. The van der Waals surface area contributed by atoms with E-state index in [1.54, 1.807) is 6.92 Å². The maximum atomic E-state index is 12.8. The zero-order valence-electron chi connectivity index (χ0n) is 9.70. The molecule has 0 aliphatic heterocycles. The van der Waals surface area contributed by atoms with Gasteiger partial charge in [0, 0.05) is 10.0 Å². The Balaban J connectivity index is 2.45. The summed E-state index contributed by atoms with van der Waals surface area (Å²) in [6.45, 7) is 1.64. The zero-order valence-corrected chi connectivity index (χ0v) is 11.3. The van der Waals surface area contributed by atoms with Crippen molar-refractivity contribution in [2.24, 2.45) is 5.73 Å². The first-order valence-corrected chi connectivity index (χ1v) is 6.04. The first kappa shape index (κ1) is 14.0. The SMILES string of the molecule is CC(N)c1nnc(-c2ccc(Br)c(C(F)(F)F)c2)o1. The minimum atomic E-state index is -4.46. The molecule has 0 aliphatic carbocycles. The van der Waals surface area contributed by atoms with Crippen molar-refractivity contribution in [1.29, 1.82) is 0 Å². The van der Waals surface area contributed by atoms with Crippen LogP contribution in [0.2, 0.25) is 0 Å². The van der Waals surface area contributed by atoms with Gasteiger partial charge in [0.15, 0.2) is 0 Å². The van der Waals surface area contributed by atoms with E-state index >= 15 is 0 Å². The van der Waals surface area contributed by atoms with Gasteiger partial charge < -0.3 is 10.2 Å². The lowest BCUT2D eigenvalue weighted by molar-refractivity contribution is -0.138. The number of benzene rings is 1. The molecule has 102 valence electrons. The topological polar surface area (TPSA) is 64.9 Å². The molecule has 0 spiro atoms. The van der Waals surface area contributed by atoms with Gasteiger partial charge in [0.2, 0.25) is 11.8 Å². The Morgan fingerprint density at radius 1 is 1.32 bits per heavy atom. The van der Waals surface area contributed by atoms with Gasteiger partial charge in [-0.25, -0.2) is 0 Å². The predicted molar refractivity (Wildman–Crippen MR) is 65.0 cm³/mol. The van der Waals surface area contributed by atoms with Gasteiger partial charge in [0.05, 0.1) is 11.6 Å². The number of alkyl halides is 3. The van der Waals surface area contributed by atoms with Crippen LogP contribution in [-0.2, 0) is 6.18 Å². The summed E-state index contributed by atoms with van der Waals surface area (Å²) in [5, 5.41) is 7.35. The number of halogens is 4. The monoisotopic (exact) mass is 335 g/mol. The Labute approximate surface area is 114 Å². The first-order valence-electron chi connectivity index (χ1n) is 5.25. The summed E-state index contributed by atoms with van der Waals surface area (Å²) in [7, 11) is 0. The van der Waals surface area contributed by atoms with Gasteiger partial charge in [-0.2, -0.15) is 13.2 Å². The molecule has 8 heteroatoms. The molecule has 1 heterocycles. The highest BCUT2D eigenvalue weighted by atomic mass is 79.9. The maximum Gasteiger partial charge on any atom is 0.417 e. The quantitative estimate of drug-likeness (QED) is 0.911. The molecule has 1 unspecified atom stereocenters. The number of hydrogen-bond donors (Lipinski definition) is 1. The van der Waals surface area contributed by atoms with Gasteiger partial charge in [0.1, 0.15) is 0 Å². The molecular formula is C11H9BrF3N3O. The van der Waals surface area contributed by atoms with E-state index in [1.165, 1.54) is 12.1 Å². The van der Waals surface area contributed by atoms with Crippen LogP contribution in [0, 0.1) is 0 Å². The smallest absolute Gasteiger partial charge is 0.417 e. The molecule has 0 saturated carbocycles. The third-order valence-corrected chi connectivity index (χ3v) is 3.04. The van der Waals surface area contributed by atoms with Crippen molar-refractivity contribution >= 4 is 15.9 Å². The normalized spacial score (nSPS) is 13.6. The van der Waals surface area contributed by atoms with Crippen LogP contribution in [0.25, 0.3) is 11.5 Å². The maximum absolute atomic E-state index is 12.8. The van der Waals surface area contributed by atoms with Crippen LogP contribution < -0.4 is 5.73 Å². The molecule has 2 N–H and O–H groups in total. The summed E-state index contributed by atoms with van der Waals surface area (Å²) in [6, 6.07) is 3.22. The van der Waals surface area contributed by atoms with Gasteiger partial charge in [-0.1, -0.05) is 15.9 Å². The van der Waals surface area contributed by atoms with Crippen LogP contribution in [0.1, 0.15) is 24.4 Å². The van der Waals surface area contributed by atoms with Crippen LogP contribution in [0.5, 0.6) is 0 Å². The minimum Gasteiger partial charge on any atom is -0.419 e. The van der Waals surface area contributed by atoms with Gasteiger partial charge >= 0.3 is 6.18 Å². The fourth-order valence-corrected chi connectivity index (χ4v) is 1.88. The average Bonchev–Trinajstić information content (AvgIpc) is 2.77. The number of nitrogens with zero attached hydrogens (tertiary/aromatic N) is 2. The molecule has 0 radical (unpaired) electrons. The second kappa shape index (κ2) is 4.93. The molecule has 19 heavy (non-hydrogen) atoms. The Morgan fingerprint density at radius 2 is 2.00 bits per heavy atom. The van der Waals surface area contributed by atoms with E-state index in [1.807, 2.05) is 0 Å². The number of nitrogens with two attached hydrogens (primary N) is 1. The van der Waals surface area contributed by atoms with Crippen LogP contribution in [-0.4, -0.2) is 10.2 Å². The standard InChI is InChI=1S/C11H9BrF3N3O/c1-5(16)9-17-18-10(19-9)6-2-3-8(12)7(4-6)11(13,14)15/h2-5H,16H2,1H3. The Bertz CT molecular complexity index is 595. The minimum absolute atomic E-state index is 0.00491. The highest BCUT2D eigenvalue weighted by Crippen LogP contribution is 2.37. The van der Waals surface area contributed by atoms with Crippen molar-refractivity contribution in [3.63, 3.8) is 0 Å². The third kappa shape index (κ3) is 2.95. The molecule has 1 aromatic carbocycles. The second-order valence-electron chi connectivity index (χ2n) is 3.93. The Hall–Kier alpha value is -1.41. The molecule has 1 atom stereocenters. The molecule has 0 aliphatic rings. The molecule has 0 fully saturated rings. The van der Waals surface area contributed by atoms with E-state index in [2.05, 4.69) is 26.1 Å². The van der Waals surface area contributed by atoms with E-state index in [0.29, 0.717) is 0 Å². The van der Waals surface area contributed by atoms with Crippen molar-refractivity contribution in [3.8, 4) is 11.5 Å². The molecule has 2 rings (SSSR count). The number of aromatic nitrogens is 2. The summed E-state index contributed by atoms with van der Waals surface area (Å²) in [4.78, 5) is 0. The van der Waals surface area contributed by atoms with E-state index in [-0.39, 0.29) is 21.8 Å². The molecule has 0 saturated heterocycles. The van der Waals surface area contributed by atoms with E-state index in [0.717, 1.165) is 6.07 Å². The second-order valence-corrected chi connectivity index (χ2v) is 4.78. The van der Waals surface area contributed by atoms with Crippen molar-refractivity contribution < 1.29 is 17.6 Å². The number of hydrogen-bond acceptors (Lipinski definition) is 4. The van der Waals surface area contributed by atoms with Gasteiger partial charge in [-0.15, -0.1) is 10.2 Å². The van der Waals surface area contributed by atoms with Gasteiger partial charge in [0.25, 0.3) is 0 Å². The van der Waals surface area contributed by atoms with Crippen LogP contribution in [0.4, 0.5) is 13.2 Å². The lowest BCUT2D eigenvalue weighted by atomic mass is 10.1. The molecule has 0 amide bonds. The zero-order chi connectivity index (χ0) is 14.2. The largest absolute Gasteiger partial charge is 0.419 e. The first-order chi connectivity index (χ1) is 8.79. The van der Waals surface area contributed by atoms with Crippen LogP contribution in [0.3, 0.4) is 0 Å². The predicted octanol–water partition coefficient (Wildman–Crippen LogP) is 3.54. The third-order valence-electron chi connectivity index (χ3n) is 2.35. The summed E-state index contributed by atoms with van der Waals surface area (Å²) in [5.74, 6) is 0.178. The van der Waals surface area contributed by atoms with Crippen molar-refractivity contribution in [2.75, 3.05) is 0 Å². The lowest BCUT2D eigenvalue weighted by Gasteiger charge is -2.09. The fourth-order valence-electron chi connectivity index (χ4n) is 1.41. The number of rotatable bonds is 2.